The molecular weight excluding hydrogens is 274 g/mol. The quantitative estimate of drug-likeness (QED) is 0.771. The summed E-state index contributed by atoms with van der Waals surface area (Å²) in [4.78, 5) is 2.48. The molecule has 0 spiro atoms. The predicted octanol–water partition coefficient (Wildman–Crippen LogP) is 3.86. The highest BCUT2D eigenvalue weighted by Crippen LogP contribution is 2.24. The summed E-state index contributed by atoms with van der Waals surface area (Å²) in [5.74, 6) is 0.969. The van der Waals surface area contributed by atoms with Crippen LogP contribution in [0.4, 0.5) is 0 Å². The SMILES string of the molecule is C[C@H]1CN(CCCOc2ccc(C(C)(C)C)cc2)C[C@H](C)O1. The summed E-state index contributed by atoms with van der Waals surface area (Å²) in [6.45, 7) is 14.9. The number of hydrogen-bond donors (Lipinski definition) is 0. The molecule has 3 nitrogen and oxygen atoms in total. The summed E-state index contributed by atoms with van der Waals surface area (Å²) in [6.07, 6.45) is 1.74. The maximum Gasteiger partial charge on any atom is 0.119 e. The molecule has 0 N–H and O–H groups in total. The molecule has 1 heterocycles. The average Bonchev–Trinajstić information content (AvgIpc) is 2.42. The van der Waals surface area contributed by atoms with Crippen molar-refractivity contribution >= 4 is 0 Å². The van der Waals surface area contributed by atoms with Crippen LogP contribution >= 0.6 is 0 Å². The van der Waals surface area contributed by atoms with E-state index < -0.39 is 0 Å². The van der Waals surface area contributed by atoms with Crippen LogP contribution in [0.25, 0.3) is 0 Å². The van der Waals surface area contributed by atoms with Gasteiger partial charge in [0.1, 0.15) is 5.75 Å². The number of hydrogen-bond acceptors (Lipinski definition) is 3. The molecule has 0 radical (unpaired) electrons. The molecular formula is C19H31NO2. The Labute approximate surface area is 135 Å². The Hall–Kier alpha value is -1.06. The van der Waals surface area contributed by atoms with E-state index in [0.717, 1.165) is 38.4 Å². The van der Waals surface area contributed by atoms with E-state index in [1.807, 2.05) is 0 Å². The van der Waals surface area contributed by atoms with Crippen LogP contribution in [0.2, 0.25) is 0 Å². The van der Waals surface area contributed by atoms with Crippen molar-refractivity contribution in [1.82, 2.24) is 4.90 Å². The minimum atomic E-state index is 0.197. The molecule has 0 aliphatic carbocycles. The molecule has 1 aliphatic heterocycles. The van der Waals surface area contributed by atoms with Gasteiger partial charge in [0.25, 0.3) is 0 Å². The molecule has 22 heavy (non-hydrogen) atoms. The Morgan fingerprint density at radius 1 is 1.09 bits per heavy atom. The fourth-order valence-corrected chi connectivity index (χ4v) is 3.00. The van der Waals surface area contributed by atoms with E-state index >= 15 is 0 Å². The standard InChI is InChI=1S/C19H31NO2/c1-15-13-20(14-16(2)22-15)11-6-12-21-18-9-7-17(8-10-18)19(3,4)5/h7-10,15-16H,6,11-14H2,1-5H3/t15-,16-/m0/s1. The van der Waals surface area contributed by atoms with E-state index in [0.29, 0.717) is 12.2 Å². The summed E-state index contributed by atoms with van der Waals surface area (Å²) >= 11 is 0. The van der Waals surface area contributed by atoms with Gasteiger partial charge in [-0.25, -0.2) is 0 Å². The zero-order valence-electron chi connectivity index (χ0n) is 14.8. The third-order valence-electron chi connectivity index (χ3n) is 4.10. The highest BCUT2D eigenvalue weighted by atomic mass is 16.5. The molecule has 0 aromatic heterocycles. The van der Waals surface area contributed by atoms with Crippen molar-refractivity contribution in [3.63, 3.8) is 0 Å². The van der Waals surface area contributed by atoms with Gasteiger partial charge in [0.15, 0.2) is 0 Å². The number of morpholine rings is 1. The lowest BCUT2D eigenvalue weighted by Gasteiger charge is -2.35. The van der Waals surface area contributed by atoms with Crippen LogP contribution in [0, 0.1) is 0 Å². The maximum atomic E-state index is 5.86. The lowest BCUT2D eigenvalue weighted by molar-refractivity contribution is -0.0686. The zero-order chi connectivity index (χ0) is 16.2. The summed E-state index contributed by atoms with van der Waals surface area (Å²) in [5.41, 5.74) is 1.54. The predicted molar refractivity (Wildman–Crippen MR) is 91.7 cm³/mol. The highest BCUT2D eigenvalue weighted by molar-refractivity contribution is 5.31. The Balaban J connectivity index is 1.70. The molecule has 0 amide bonds. The molecule has 3 heteroatoms. The van der Waals surface area contributed by atoms with E-state index in [4.69, 9.17) is 9.47 Å². The summed E-state index contributed by atoms with van der Waals surface area (Å²) in [7, 11) is 0. The van der Waals surface area contributed by atoms with E-state index in [1.165, 1.54) is 5.56 Å². The van der Waals surface area contributed by atoms with E-state index in [1.54, 1.807) is 0 Å². The van der Waals surface area contributed by atoms with Gasteiger partial charge in [0.2, 0.25) is 0 Å². The second-order valence-corrected chi connectivity index (χ2v) is 7.49. The lowest BCUT2D eigenvalue weighted by atomic mass is 9.87. The molecule has 1 aromatic rings. The molecule has 124 valence electrons. The van der Waals surface area contributed by atoms with Gasteiger partial charge in [-0.05, 0) is 43.4 Å². The molecule has 0 saturated carbocycles. The van der Waals surface area contributed by atoms with Crippen molar-refractivity contribution in [1.29, 1.82) is 0 Å². The molecule has 2 rings (SSSR count). The van der Waals surface area contributed by atoms with Crippen molar-refractivity contribution < 1.29 is 9.47 Å². The number of benzene rings is 1. The summed E-state index contributed by atoms with van der Waals surface area (Å²) < 4.78 is 11.6. The molecule has 2 atom stereocenters. The molecule has 1 aliphatic rings. The molecule has 1 fully saturated rings. The van der Waals surface area contributed by atoms with E-state index in [9.17, 15) is 0 Å². The Kier molecular flexibility index (Phi) is 5.87. The minimum absolute atomic E-state index is 0.197. The first kappa shape index (κ1) is 17.3. The van der Waals surface area contributed by atoms with Crippen molar-refractivity contribution in [3.8, 4) is 5.75 Å². The second kappa shape index (κ2) is 7.47. The number of rotatable bonds is 5. The smallest absolute Gasteiger partial charge is 0.119 e. The Morgan fingerprint density at radius 2 is 1.68 bits per heavy atom. The maximum absolute atomic E-state index is 5.86. The first-order chi connectivity index (χ1) is 10.3. The third kappa shape index (κ3) is 5.29. The van der Waals surface area contributed by atoms with Crippen LogP contribution < -0.4 is 4.74 Å². The molecule has 0 unspecified atom stereocenters. The van der Waals surface area contributed by atoms with Gasteiger partial charge in [0, 0.05) is 19.6 Å². The number of ether oxygens (including phenoxy) is 2. The normalized spacial score (nSPS) is 23.5. The van der Waals surface area contributed by atoms with Crippen LogP contribution in [-0.4, -0.2) is 43.3 Å². The van der Waals surface area contributed by atoms with Crippen molar-refractivity contribution in [2.45, 2.75) is 58.7 Å². The monoisotopic (exact) mass is 305 g/mol. The van der Waals surface area contributed by atoms with Gasteiger partial charge in [-0.3, -0.25) is 4.90 Å². The van der Waals surface area contributed by atoms with Gasteiger partial charge in [0.05, 0.1) is 18.8 Å². The second-order valence-electron chi connectivity index (χ2n) is 7.49. The van der Waals surface area contributed by atoms with Gasteiger partial charge in [-0.2, -0.15) is 0 Å². The fraction of sp³-hybridized carbons (Fsp3) is 0.684. The minimum Gasteiger partial charge on any atom is -0.494 e. The highest BCUT2D eigenvalue weighted by Gasteiger charge is 2.21. The molecule has 0 bridgehead atoms. The van der Waals surface area contributed by atoms with Crippen LogP contribution in [0.3, 0.4) is 0 Å². The van der Waals surface area contributed by atoms with Crippen molar-refractivity contribution in [2.24, 2.45) is 0 Å². The largest absolute Gasteiger partial charge is 0.494 e. The van der Waals surface area contributed by atoms with Crippen molar-refractivity contribution in [3.05, 3.63) is 29.8 Å². The van der Waals surface area contributed by atoms with Crippen LogP contribution in [-0.2, 0) is 10.2 Å². The van der Waals surface area contributed by atoms with Gasteiger partial charge in [-0.1, -0.05) is 32.9 Å². The Morgan fingerprint density at radius 3 is 2.23 bits per heavy atom. The van der Waals surface area contributed by atoms with Crippen LogP contribution in [0.1, 0.15) is 46.6 Å². The zero-order valence-corrected chi connectivity index (χ0v) is 14.8. The van der Waals surface area contributed by atoms with Crippen molar-refractivity contribution in [2.75, 3.05) is 26.2 Å². The first-order valence-corrected chi connectivity index (χ1v) is 8.46. The van der Waals surface area contributed by atoms with Crippen LogP contribution in [0.15, 0.2) is 24.3 Å². The Bertz CT molecular complexity index is 439. The fourth-order valence-electron chi connectivity index (χ4n) is 3.00. The van der Waals surface area contributed by atoms with Crippen LogP contribution in [0.5, 0.6) is 5.75 Å². The third-order valence-corrected chi connectivity index (χ3v) is 4.10. The summed E-state index contributed by atoms with van der Waals surface area (Å²) in [5, 5.41) is 0. The molecule has 1 aromatic carbocycles. The van der Waals surface area contributed by atoms with E-state index in [2.05, 4.69) is 63.8 Å². The van der Waals surface area contributed by atoms with Gasteiger partial charge in [-0.15, -0.1) is 0 Å². The lowest BCUT2D eigenvalue weighted by Crippen LogP contribution is -2.45. The van der Waals surface area contributed by atoms with Gasteiger partial charge < -0.3 is 9.47 Å². The number of nitrogens with zero attached hydrogens (tertiary/aromatic N) is 1. The van der Waals surface area contributed by atoms with Gasteiger partial charge >= 0.3 is 0 Å². The average molecular weight is 305 g/mol. The first-order valence-electron chi connectivity index (χ1n) is 8.46. The molecule has 1 saturated heterocycles. The van der Waals surface area contributed by atoms with E-state index in [-0.39, 0.29) is 5.41 Å². The topological polar surface area (TPSA) is 21.7 Å². The summed E-state index contributed by atoms with van der Waals surface area (Å²) in [6, 6.07) is 8.50.